The van der Waals surface area contributed by atoms with E-state index in [2.05, 4.69) is 0 Å². The molecule has 6 heteroatoms. The van der Waals surface area contributed by atoms with Gasteiger partial charge in [-0.2, -0.15) is 13.2 Å². The van der Waals surface area contributed by atoms with Crippen LogP contribution >= 0.6 is 11.8 Å². The van der Waals surface area contributed by atoms with Gasteiger partial charge in [0.2, 0.25) is 0 Å². The molecule has 0 aromatic heterocycles. The van der Waals surface area contributed by atoms with Crippen molar-refractivity contribution in [1.82, 2.24) is 4.90 Å². The Balaban J connectivity index is 1.89. The number of halogens is 3. The lowest BCUT2D eigenvalue weighted by Crippen LogP contribution is -2.30. The standard InChI is InChI=1S/C17H14F3NOS/c18-17(19,20)14-8-4-7-13(11-14)16-21(9-10-23-16)15(22)12-5-2-1-3-6-12/h1-8,11,16H,9-10H2/t16-/m1/s1. The van der Waals surface area contributed by atoms with Crippen LogP contribution in [0.5, 0.6) is 0 Å². The first-order valence-electron chi connectivity index (χ1n) is 7.11. The summed E-state index contributed by atoms with van der Waals surface area (Å²) in [7, 11) is 0. The van der Waals surface area contributed by atoms with Crippen molar-refractivity contribution in [3.63, 3.8) is 0 Å². The maximum absolute atomic E-state index is 12.9. The molecule has 0 unspecified atom stereocenters. The predicted octanol–water partition coefficient (Wildman–Crippen LogP) is 4.59. The second kappa shape index (κ2) is 6.28. The van der Waals surface area contributed by atoms with Gasteiger partial charge in [0.05, 0.1) is 5.56 Å². The van der Waals surface area contributed by atoms with Crippen molar-refractivity contribution < 1.29 is 18.0 Å². The molecule has 2 nitrogen and oxygen atoms in total. The van der Waals surface area contributed by atoms with E-state index >= 15 is 0 Å². The first-order chi connectivity index (χ1) is 11.0. The Morgan fingerprint density at radius 1 is 1.09 bits per heavy atom. The summed E-state index contributed by atoms with van der Waals surface area (Å²) >= 11 is 1.48. The number of benzene rings is 2. The Kier molecular flexibility index (Phi) is 4.35. The van der Waals surface area contributed by atoms with Gasteiger partial charge < -0.3 is 4.90 Å². The first-order valence-corrected chi connectivity index (χ1v) is 8.16. The Hall–Kier alpha value is -1.95. The van der Waals surface area contributed by atoms with E-state index in [-0.39, 0.29) is 11.3 Å². The van der Waals surface area contributed by atoms with Crippen LogP contribution in [0.4, 0.5) is 13.2 Å². The van der Waals surface area contributed by atoms with Crippen LogP contribution in [-0.4, -0.2) is 23.1 Å². The normalized spacial score (nSPS) is 18.2. The molecular formula is C17H14F3NOS. The van der Waals surface area contributed by atoms with Gasteiger partial charge in [-0.05, 0) is 29.8 Å². The van der Waals surface area contributed by atoms with Crippen molar-refractivity contribution in [2.45, 2.75) is 11.6 Å². The molecule has 0 N–H and O–H groups in total. The van der Waals surface area contributed by atoms with Gasteiger partial charge in [0.15, 0.2) is 0 Å². The SMILES string of the molecule is O=C(c1ccccc1)N1CCS[C@@H]1c1cccc(C(F)(F)F)c1. The number of nitrogens with zero attached hydrogens (tertiary/aromatic N) is 1. The van der Waals surface area contributed by atoms with Crippen molar-refractivity contribution in [3.05, 3.63) is 71.3 Å². The van der Waals surface area contributed by atoms with Gasteiger partial charge in [-0.3, -0.25) is 4.79 Å². The van der Waals surface area contributed by atoms with Gasteiger partial charge in [-0.15, -0.1) is 11.8 Å². The molecule has 1 heterocycles. The first kappa shape index (κ1) is 15.9. The molecule has 2 aromatic carbocycles. The van der Waals surface area contributed by atoms with E-state index in [1.54, 1.807) is 35.2 Å². The summed E-state index contributed by atoms with van der Waals surface area (Å²) in [5.41, 5.74) is 0.369. The molecule has 0 aliphatic carbocycles. The highest BCUT2D eigenvalue weighted by Gasteiger charge is 2.34. The van der Waals surface area contributed by atoms with Crippen molar-refractivity contribution in [2.75, 3.05) is 12.3 Å². The average molecular weight is 337 g/mol. The van der Waals surface area contributed by atoms with Crippen molar-refractivity contribution >= 4 is 17.7 Å². The lowest BCUT2D eigenvalue weighted by molar-refractivity contribution is -0.137. The van der Waals surface area contributed by atoms with E-state index in [0.717, 1.165) is 12.1 Å². The van der Waals surface area contributed by atoms with E-state index in [1.165, 1.54) is 17.8 Å². The van der Waals surface area contributed by atoms with Crippen LogP contribution in [0.2, 0.25) is 0 Å². The Morgan fingerprint density at radius 2 is 1.83 bits per heavy atom. The molecule has 1 atom stereocenters. The fourth-order valence-corrected chi connectivity index (χ4v) is 3.81. The van der Waals surface area contributed by atoms with Crippen LogP contribution in [-0.2, 0) is 6.18 Å². The lowest BCUT2D eigenvalue weighted by atomic mass is 10.1. The monoisotopic (exact) mass is 337 g/mol. The molecule has 0 saturated carbocycles. The zero-order chi connectivity index (χ0) is 16.4. The third-order valence-corrected chi connectivity index (χ3v) is 4.93. The number of rotatable bonds is 2. The topological polar surface area (TPSA) is 20.3 Å². The number of thioether (sulfide) groups is 1. The summed E-state index contributed by atoms with van der Waals surface area (Å²) in [6, 6.07) is 14.0. The summed E-state index contributed by atoms with van der Waals surface area (Å²) in [4.78, 5) is 14.2. The molecule has 0 bridgehead atoms. The molecule has 2 aromatic rings. The van der Waals surface area contributed by atoms with Crippen molar-refractivity contribution in [2.24, 2.45) is 0 Å². The van der Waals surface area contributed by atoms with Crippen LogP contribution in [0.15, 0.2) is 54.6 Å². The quantitative estimate of drug-likeness (QED) is 0.799. The maximum Gasteiger partial charge on any atom is 0.416 e. The van der Waals surface area contributed by atoms with E-state index < -0.39 is 11.7 Å². The number of hydrogen-bond donors (Lipinski definition) is 0. The number of amides is 1. The van der Waals surface area contributed by atoms with Gasteiger partial charge in [0, 0.05) is 17.9 Å². The summed E-state index contributed by atoms with van der Waals surface area (Å²) < 4.78 is 38.7. The highest BCUT2D eigenvalue weighted by molar-refractivity contribution is 7.99. The Bertz CT molecular complexity index is 702. The molecule has 1 aliphatic rings. The highest BCUT2D eigenvalue weighted by Crippen LogP contribution is 2.40. The third-order valence-electron chi connectivity index (χ3n) is 3.67. The van der Waals surface area contributed by atoms with E-state index in [9.17, 15) is 18.0 Å². The molecular weight excluding hydrogens is 323 g/mol. The van der Waals surface area contributed by atoms with Crippen molar-refractivity contribution in [3.8, 4) is 0 Å². The minimum Gasteiger partial charge on any atom is -0.322 e. The van der Waals surface area contributed by atoms with Gasteiger partial charge in [0.1, 0.15) is 5.37 Å². The number of hydrogen-bond acceptors (Lipinski definition) is 2. The second-order valence-corrected chi connectivity index (χ2v) is 6.40. The van der Waals surface area contributed by atoms with Gasteiger partial charge in [0.25, 0.3) is 5.91 Å². The van der Waals surface area contributed by atoms with Gasteiger partial charge in [-0.1, -0.05) is 30.3 Å². The zero-order valence-electron chi connectivity index (χ0n) is 12.1. The van der Waals surface area contributed by atoms with Crippen LogP contribution in [0, 0.1) is 0 Å². The summed E-state index contributed by atoms with van der Waals surface area (Å²) in [5, 5.41) is -0.384. The molecule has 1 fully saturated rings. The summed E-state index contributed by atoms with van der Waals surface area (Å²) in [6.45, 7) is 0.527. The molecule has 1 aliphatic heterocycles. The van der Waals surface area contributed by atoms with Crippen LogP contribution in [0.3, 0.4) is 0 Å². The third kappa shape index (κ3) is 3.37. The summed E-state index contributed by atoms with van der Waals surface area (Å²) in [6.07, 6.45) is -4.38. The van der Waals surface area contributed by atoms with Crippen molar-refractivity contribution in [1.29, 1.82) is 0 Å². The fraction of sp³-hybridized carbons (Fsp3) is 0.235. The average Bonchev–Trinajstić information content (AvgIpc) is 3.04. The number of alkyl halides is 3. The molecule has 1 saturated heterocycles. The second-order valence-electron chi connectivity index (χ2n) is 5.21. The number of carbonyl (C=O) groups excluding carboxylic acids is 1. The van der Waals surface area contributed by atoms with Gasteiger partial charge in [-0.25, -0.2) is 0 Å². The van der Waals surface area contributed by atoms with E-state index in [4.69, 9.17) is 0 Å². The minimum absolute atomic E-state index is 0.155. The smallest absolute Gasteiger partial charge is 0.322 e. The molecule has 0 radical (unpaired) electrons. The fourth-order valence-electron chi connectivity index (χ4n) is 2.57. The molecule has 1 amide bonds. The lowest BCUT2D eigenvalue weighted by Gasteiger charge is -2.24. The van der Waals surface area contributed by atoms with Crippen LogP contribution < -0.4 is 0 Å². The highest BCUT2D eigenvalue weighted by atomic mass is 32.2. The molecule has 3 rings (SSSR count). The molecule has 120 valence electrons. The van der Waals surface area contributed by atoms with E-state index in [0.29, 0.717) is 23.4 Å². The van der Waals surface area contributed by atoms with Gasteiger partial charge >= 0.3 is 6.18 Å². The summed E-state index contributed by atoms with van der Waals surface area (Å²) in [5.74, 6) is 0.553. The minimum atomic E-state index is -4.38. The molecule has 23 heavy (non-hydrogen) atoms. The predicted molar refractivity (Wildman–Crippen MR) is 84.1 cm³/mol. The Labute approximate surface area is 136 Å². The molecule has 0 spiro atoms. The largest absolute Gasteiger partial charge is 0.416 e. The van der Waals surface area contributed by atoms with E-state index in [1.807, 2.05) is 6.07 Å². The van der Waals surface area contributed by atoms with Crippen LogP contribution in [0.1, 0.15) is 26.9 Å². The zero-order valence-corrected chi connectivity index (χ0v) is 12.9. The Morgan fingerprint density at radius 3 is 2.52 bits per heavy atom. The maximum atomic E-state index is 12.9. The number of carbonyl (C=O) groups is 1. The van der Waals surface area contributed by atoms with Crippen LogP contribution in [0.25, 0.3) is 0 Å².